The fourth-order valence-corrected chi connectivity index (χ4v) is 3.12. The van der Waals surface area contributed by atoms with E-state index in [1.165, 1.54) is 4.90 Å². The third kappa shape index (κ3) is 7.06. The smallest absolute Gasteiger partial charge is 0.410 e. The van der Waals surface area contributed by atoms with Gasteiger partial charge in [-0.25, -0.2) is 4.79 Å². The van der Waals surface area contributed by atoms with E-state index < -0.39 is 5.97 Å². The second-order valence-corrected chi connectivity index (χ2v) is 6.80. The van der Waals surface area contributed by atoms with Crippen LogP contribution in [0.15, 0.2) is 42.5 Å². The Balaban J connectivity index is 1.69. The first kappa shape index (κ1) is 21.5. The number of allylic oxidation sites excluding steroid dienone is 1. The fourth-order valence-electron chi connectivity index (χ4n) is 3.12. The highest BCUT2D eigenvalue weighted by atomic mass is 16.6. The van der Waals surface area contributed by atoms with Gasteiger partial charge in [0, 0.05) is 26.1 Å². The Bertz CT molecular complexity index is 681. The Morgan fingerprint density at radius 1 is 1.21 bits per heavy atom. The molecule has 7 nitrogen and oxygen atoms in total. The summed E-state index contributed by atoms with van der Waals surface area (Å²) in [4.78, 5) is 38.0. The number of carboxylic acid groups (broad SMARTS) is 1. The maximum absolute atomic E-state index is 12.2. The Kier molecular flexibility index (Phi) is 8.52. The van der Waals surface area contributed by atoms with Crippen LogP contribution in [0.1, 0.15) is 31.7 Å². The zero-order valence-corrected chi connectivity index (χ0v) is 16.3. The van der Waals surface area contributed by atoms with Gasteiger partial charge in [0.05, 0.1) is 0 Å². The minimum absolute atomic E-state index is 0.192. The summed E-state index contributed by atoms with van der Waals surface area (Å²) in [6, 6.07) is 9.58. The predicted octanol–water partition coefficient (Wildman–Crippen LogP) is 2.91. The number of hydrogen-bond donors (Lipinski definition) is 1. The molecular weight excluding hydrogens is 360 g/mol. The first-order valence-corrected chi connectivity index (χ1v) is 9.61. The van der Waals surface area contributed by atoms with Crippen molar-refractivity contribution in [3.05, 3.63) is 48.0 Å². The van der Waals surface area contributed by atoms with Crippen LogP contribution in [0.5, 0.6) is 0 Å². The van der Waals surface area contributed by atoms with Crippen LogP contribution >= 0.6 is 0 Å². The Morgan fingerprint density at radius 2 is 1.89 bits per heavy atom. The second-order valence-electron chi connectivity index (χ2n) is 6.80. The van der Waals surface area contributed by atoms with E-state index in [1.807, 2.05) is 36.4 Å². The van der Waals surface area contributed by atoms with Gasteiger partial charge in [0.15, 0.2) is 0 Å². The number of likely N-dealkylation sites (tertiary alicyclic amines) is 1. The first-order valence-electron chi connectivity index (χ1n) is 9.61. The lowest BCUT2D eigenvalue weighted by atomic mass is 9.96. The standard InChI is InChI=1S/C21H28N2O5/c1-2-22(15-20(25)26)19(24)10-6-9-17-11-13-23(14-12-17)21(27)28-16-18-7-4-3-5-8-18/h3-9,17H,2,10-16H2,1H3,(H,25,26)/b9-6+. The molecule has 0 unspecified atom stereocenters. The molecule has 1 aromatic carbocycles. The van der Waals surface area contributed by atoms with Gasteiger partial charge in [-0.15, -0.1) is 0 Å². The summed E-state index contributed by atoms with van der Waals surface area (Å²) in [5.41, 5.74) is 0.961. The highest BCUT2D eigenvalue weighted by molar-refractivity contribution is 5.82. The molecule has 0 saturated carbocycles. The summed E-state index contributed by atoms with van der Waals surface area (Å²) >= 11 is 0. The molecule has 2 rings (SSSR count). The van der Waals surface area contributed by atoms with E-state index >= 15 is 0 Å². The van der Waals surface area contributed by atoms with Crippen molar-refractivity contribution < 1.29 is 24.2 Å². The molecule has 1 heterocycles. The predicted molar refractivity (Wildman–Crippen MR) is 105 cm³/mol. The first-order chi connectivity index (χ1) is 13.5. The van der Waals surface area contributed by atoms with Crippen LogP contribution in [-0.2, 0) is 20.9 Å². The van der Waals surface area contributed by atoms with E-state index in [4.69, 9.17) is 9.84 Å². The fraction of sp³-hybridized carbons (Fsp3) is 0.476. The molecule has 0 atom stereocenters. The number of ether oxygens (including phenoxy) is 1. The minimum atomic E-state index is -1.01. The average Bonchev–Trinajstić information content (AvgIpc) is 2.71. The number of aliphatic carboxylic acids is 1. The average molecular weight is 388 g/mol. The lowest BCUT2D eigenvalue weighted by Gasteiger charge is -2.30. The number of hydrogen-bond acceptors (Lipinski definition) is 4. The van der Waals surface area contributed by atoms with E-state index in [9.17, 15) is 14.4 Å². The van der Waals surface area contributed by atoms with Gasteiger partial charge in [-0.2, -0.15) is 0 Å². The van der Waals surface area contributed by atoms with Crippen LogP contribution in [-0.4, -0.2) is 59.1 Å². The van der Waals surface area contributed by atoms with Gasteiger partial charge < -0.3 is 19.6 Å². The topological polar surface area (TPSA) is 87.2 Å². The van der Waals surface area contributed by atoms with Crippen molar-refractivity contribution in [2.75, 3.05) is 26.2 Å². The molecule has 1 N–H and O–H groups in total. The molecule has 0 radical (unpaired) electrons. The molecule has 1 aromatic rings. The number of amides is 2. The van der Waals surface area contributed by atoms with Gasteiger partial charge in [-0.05, 0) is 31.2 Å². The highest BCUT2D eigenvalue weighted by Gasteiger charge is 2.22. The second kappa shape index (κ2) is 11.1. The van der Waals surface area contributed by atoms with E-state index in [0.717, 1.165) is 18.4 Å². The summed E-state index contributed by atoms with van der Waals surface area (Å²) in [5.74, 6) is -0.894. The van der Waals surface area contributed by atoms with Gasteiger partial charge >= 0.3 is 12.1 Å². The maximum Gasteiger partial charge on any atom is 0.410 e. The van der Waals surface area contributed by atoms with Crippen molar-refractivity contribution in [3.8, 4) is 0 Å². The molecule has 0 aliphatic carbocycles. The number of carboxylic acids is 1. The van der Waals surface area contributed by atoms with Crippen molar-refractivity contribution in [1.82, 2.24) is 9.80 Å². The van der Waals surface area contributed by atoms with Crippen LogP contribution in [0.2, 0.25) is 0 Å². The number of carbonyl (C=O) groups excluding carboxylic acids is 2. The lowest BCUT2D eigenvalue weighted by Crippen LogP contribution is -2.38. The molecule has 2 amide bonds. The molecule has 0 spiro atoms. The summed E-state index contributed by atoms with van der Waals surface area (Å²) in [6.45, 7) is 3.38. The van der Waals surface area contributed by atoms with Gasteiger partial charge in [0.2, 0.25) is 5.91 Å². The van der Waals surface area contributed by atoms with Crippen LogP contribution in [0.3, 0.4) is 0 Å². The lowest BCUT2D eigenvalue weighted by molar-refractivity contribution is -0.144. The zero-order valence-electron chi connectivity index (χ0n) is 16.3. The Morgan fingerprint density at radius 3 is 2.50 bits per heavy atom. The van der Waals surface area contributed by atoms with Crippen molar-refractivity contribution in [1.29, 1.82) is 0 Å². The Hall–Kier alpha value is -2.83. The highest BCUT2D eigenvalue weighted by Crippen LogP contribution is 2.19. The Labute approximate surface area is 165 Å². The summed E-state index contributed by atoms with van der Waals surface area (Å²) < 4.78 is 5.36. The van der Waals surface area contributed by atoms with Crippen LogP contribution in [0.4, 0.5) is 4.79 Å². The molecule has 0 bridgehead atoms. The van der Waals surface area contributed by atoms with Gasteiger partial charge in [-0.3, -0.25) is 9.59 Å². The summed E-state index contributed by atoms with van der Waals surface area (Å²) in [6.07, 6.45) is 5.34. The number of rotatable bonds is 8. The third-order valence-electron chi connectivity index (χ3n) is 4.76. The van der Waals surface area contributed by atoms with E-state index in [1.54, 1.807) is 17.9 Å². The van der Waals surface area contributed by atoms with Crippen molar-refractivity contribution in [3.63, 3.8) is 0 Å². The van der Waals surface area contributed by atoms with Crippen molar-refractivity contribution in [2.45, 2.75) is 32.8 Å². The number of likely N-dealkylation sites (N-methyl/N-ethyl adjacent to an activating group) is 1. The van der Waals surface area contributed by atoms with E-state index in [0.29, 0.717) is 25.6 Å². The molecule has 1 saturated heterocycles. The summed E-state index contributed by atoms with van der Waals surface area (Å²) in [5, 5.41) is 8.81. The monoisotopic (exact) mass is 388 g/mol. The number of carbonyl (C=O) groups is 3. The molecule has 0 aromatic heterocycles. The number of piperidine rings is 1. The van der Waals surface area contributed by atoms with E-state index in [2.05, 4.69) is 0 Å². The quantitative estimate of drug-likeness (QED) is 0.692. The molecular formula is C21H28N2O5. The van der Waals surface area contributed by atoms with Gasteiger partial charge in [0.25, 0.3) is 0 Å². The molecule has 7 heteroatoms. The molecule has 1 fully saturated rings. The summed E-state index contributed by atoms with van der Waals surface area (Å²) in [7, 11) is 0. The maximum atomic E-state index is 12.2. The van der Waals surface area contributed by atoms with Crippen molar-refractivity contribution >= 4 is 18.0 Å². The van der Waals surface area contributed by atoms with Crippen LogP contribution < -0.4 is 0 Å². The van der Waals surface area contributed by atoms with Gasteiger partial charge in [-0.1, -0.05) is 42.5 Å². The van der Waals surface area contributed by atoms with Gasteiger partial charge in [0.1, 0.15) is 13.2 Å². The van der Waals surface area contributed by atoms with E-state index in [-0.39, 0.29) is 31.6 Å². The third-order valence-corrected chi connectivity index (χ3v) is 4.76. The molecule has 28 heavy (non-hydrogen) atoms. The zero-order chi connectivity index (χ0) is 20.4. The minimum Gasteiger partial charge on any atom is -0.480 e. The number of benzene rings is 1. The molecule has 1 aliphatic rings. The number of nitrogens with zero attached hydrogens (tertiary/aromatic N) is 2. The molecule has 1 aliphatic heterocycles. The normalized spacial score (nSPS) is 14.8. The SMILES string of the molecule is CCN(CC(=O)O)C(=O)C/C=C/C1CCN(C(=O)OCc2ccccc2)CC1. The van der Waals surface area contributed by atoms with Crippen LogP contribution in [0, 0.1) is 5.92 Å². The van der Waals surface area contributed by atoms with Crippen LogP contribution in [0.25, 0.3) is 0 Å². The van der Waals surface area contributed by atoms with Crippen molar-refractivity contribution in [2.24, 2.45) is 5.92 Å². The largest absolute Gasteiger partial charge is 0.480 e. The molecule has 152 valence electrons.